The molecule has 0 saturated carbocycles. The second-order valence-corrected chi connectivity index (χ2v) is 7.53. The van der Waals surface area contributed by atoms with Crippen LogP contribution in [0.25, 0.3) is 11.4 Å². The second kappa shape index (κ2) is 9.53. The molecule has 1 saturated heterocycles. The molecule has 1 aliphatic heterocycles. The van der Waals surface area contributed by atoms with E-state index in [0.29, 0.717) is 43.3 Å². The van der Waals surface area contributed by atoms with E-state index in [1.54, 1.807) is 29.2 Å². The molecule has 0 radical (unpaired) electrons. The fraction of sp³-hybridized carbons (Fsp3) is 0.304. The van der Waals surface area contributed by atoms with Crippen molar-refractivity contribution >= 4 is 23.2 Å². The normalized spacial score (nSPS) is 14.2. The molecule has 2 heterocycles. The first-order chi connectivity index (χ1) is 15.1. The van der Waals surface area contributed by atoms with Crippen LogP contribution in [-0.4, -0.2) is 41.7 Å². The molecule has 0 spiro atoms. The lowest BCUT2D eigenvalue weighted by Crippen LogP contribution is -2.43. The highest BCUT2D eigenvalue weighted by molar-refractivity contribution is 6.03. The van der Waals surface area contributed by atoms with Crippen molar-refractivity contribution in [3.8, 4) is 11.4 Å². The van der Waals surface area contributed by atoms with Gasteiger partial charge in [0.25, 0.3) is 0 Å². The molecule has 1 aliphatic rings. The Kier molecular flexibility index (Phi) is 6.37. The maximum Gasteiger partial charge on any atom is 0.244 e. The van der Waals surface area contributed by atoms with Gasteiger partial charge >= 0.3 is 0 Å². The minimum absolute atomic E-state index is 0.0465. The Morgan fingerprint density at radius 3 is 2.42 bits per heavy atom. The number of nitrogens with zero attached hydrogens (tertiary/aromatic N) is 3. The highest BCUT2D eigenvalue weighted by Crippen LogP contribution is 2.23. The van der Waals surface area contributed by atoms with Gasteiger partial charge in [0.2, 0.25) is 24.0 Å². The molecule has 160 valence electrons. The third-order valence-electron chi connectivity index (χ3n) is 5.27. The van der Waals surface area contributed by atoms with E-state index in [1.165, 1.54) is 6.39 Å². The highest BCUT2D eigenvalue weighted by Gasteiger charge is 2.28. The summed E-state index contributed by atoms with van der Waals surface area (Å²) in [5.41, 5.74) is 3.21. The van der Waals surface area contributed by atoms with Gasteiger partial charge in [-0.1, -0.05) is 22.9 Å². The van der Waals surface area contributed by atoms with E-state index in [4.69, 9.17) is 9.26 Å². The summed E-state index contributed by atoms with van der Waals surface area (Å²) in [4.78, 5) is 31.6. The maximum absolute atomic E-state index is 13.2. The van der Waals surface area contributed by atoms with Gasteiger partial charge in [-0.15, -0.1) is 0 Å². The van der Waals surface area contributed by atoms with Crippen LogP contribution in [0.4, 0.5) is 11.4 Å². The lowest BCUT2D eigenvalue weighted by Gasteiger charge is -2.29. The van der Waals surface area contributed by atoms with E-state index in [9.17, 15) is 9.59 Å². The molecule has 1 fully saturated rings. The Labute approximate surface area is 180 Å². The molecule has 2 aromatic carbocycles. The number of benzene rings is 2. The smallest absolute Gasteiger partial charge is 0.244 e. The van der Waals surface area contributed by atoms with Gasteiger partial charge in [0, 0.05) is 36.1 Å². The summed E-state index contributed by atoms with van der Waals surface area (Å²) in [5, 5.41) is 6.66. The minimum atomic E-state index is -0.270. The van der Waals surface area contributed by atoms with E-state index in [1.807, 2.05) is 31.2 Å². The molecule has 1 aromatic heterocycles. The Balaban J connectivity index is 1.47. The van der Waals surface area contributed by atoms with Crippen LogP contribution in [0.1, 0.15) is 18.4 Å². The molecule has 1 N–H and O–H groups in total. The first-order valence-electron chi connectivity index (χ1n) is 10.2. The lowest BCUT2D eigenvalue weighted by molar-refractivity contribution is -0.126. The van der Waals surface area contributed by atoms with Crippen molar-refractivity contribution in [2.45, 2.75) is 19.8 Å². The molecule has 0 aliphatic carbocycles. The number of hydrogen-bond acceptors (Lipinski definition) is 6. The topological polar surface area (TPSA) is 97.6 Å². The summed E-state index contributed by atoms with van der Waals surface area (Å²) in [7, 11) is 0. The Bertz CT molecular complexity index is 1010. The fourth-order valence-electron chi connectivity index (χ4n) is 3.53. The predicted molar refractivity (Wildman–Crippen MR) is 115 cm³/mol. The Hall–Kier alpha value is -3.52. The van der Waals surface area contributed by atoms with Gasteiger partial charge in [-0.25, -0.2) is 0 Å². The molecule has 2 amide bonds. The van der Waals surface area contributed by atoms with E-state index >= 15 is 0 Å². The average Bonchev–Trinajstić information content (AvgIpc) is 3.34. The molecule has 8 heteroatoms. The number of amides is 2. The molecule has 3 aromatic rings. The molecule has 8 nitrogen and oxygen atoms in total. The number of nitrogens with one attached hydrogen (secondary N) is 1. The van der Waals surface area contributed by atoms with Gasteiger partial charge in [-0.05, 0) is 56.2 Å². The van der Waals surface area contributed by atoms with Gasteiger partial charge in [-0.2, -0.15) is 4.98 Å². The van der Waals surface area contributed by atoms with E-state index in [0.717, 1.165) is 11.1 Å². The van der Waals surface area contributed by atoms with Crippen LogP contribution in [0.15, 0.2) is 59.4 Å². The minimum Gasteiger partial charge on any atom is -0.381 e. The van der Waals surface area contributed by atoms with Crippen molar-refractivity contribution in [1.29, 1.82) is 0 Å². The Morgan fingerprint density at radius 2 is 1.77 bits per heavy atom. The molecule has 0 atom stereocenters. The number of hydrogen-bond donors (Lipinski definition) is 1. The molecule has 4 rings (SSSR count). The zero-order valence-electron chi connectivity index (χ0n) is 17.3. The van der Waals surface area contributed by atoms with E-state index in [-0.39, 0.29) is 24.3 Å². The summed E-state index contributed by atoms with van der Waals surface area (Å²) in [6.07, 6.45) is 2.60. The van der Waals surface area contributed by atoms with Crippen LogP contribution in [0, 0.1) is 12.8 Å². The number of rotatable bonds is 6. The van der Waals surface area contributed by atoms with Crippen molar-refractivity contribution in [3.63, 3.8) is 0 Å². The van der Waals surface area contributed by atoms with Crippen LogP contribution in [-0.2, 0) is 14.3 Å². The average molecular weight is 420 g/mol. The first kappa shape index (κ1) is 20.7. The van der Waals surface area contributed by atoms with Crippen LogP contribution < -0.4 is 10.2 Å². The molecule has 0 unspecified atom stereocenters. The number of aromatic nitrogens is 2. The number of carbonyl (C=O) groups excluding carboxylic acids is 2. The zero-order valence-corrected chi connectivity index (χ0v) is 17.3. The molecular weight excluding hydrogens is 396 g/mol. The highest BCUT2D eigenvalue weighted by atomic mass is 16.5. The van der Waals surface area contributed by atoms with Crippen molar-refractivity contribution in [2.24, 2.45) is 5.92 Å². The summed E-state index contributed by atoms with van der Waals surface area (Å²) >= 11 is 0. The molecule has 31 heavy (non-hydrogen) atoms. The fourth-order valence-corrected chi connectivity index (χ4v) is 3.53. The van der Waals surface area contributed by atoms with Crippen molar-refractivity contribution in [2.75, 3.05) is 30.0 Å². The van der Waals surface area contributed by atoms with Gasteiger partial charge in [0.1, 0.15) is 6.54 Å². The van der Waals surface area contributed by atoms with Crippen LogP contribution in [0.2, 0.25) is 0 Å². The third-order valence-corrected chi connectivity index (χ3v) is 5.27. The number of ether oxygens (including phenoxy) is 1. The van der Waals surface area contributed by atoms with E-state index < -0.39 is 0 Å². The molecular formula is C23H24N4O4. The zero-order chi connectivity index (χ0) is 21.6. The Morgan fingerprint density at radius 1 is 1.06 bits per heavy atom. The largest absolute Gasteiger partial charge is 0.381 e. The maximum atomic E-state index is 13.2. The van der Waals surface area contributed by atoms with Gasteiger partial charge in [0.05, 0.1) is 0 Å². The molecule has 0 bridgehead atoms. The van der Waals surface area contributed by atoms with Crippen molar-refractivity contribution in [1.82, 2.24) is 10.1 Å². The summed E-state index contributed by atoms with van der Waals surface area (Å²) in [5.74, 6) is 0.0191. The predicted octanol–water partition coefficient (Wildman–Crippen LogP) is 3.44. The van der Waals surface area contributed by atoms with Crippen molar-refractivity contribution in [3.05, 3.63) is 60.5 Å². The van der Waals surface area contributed by atoms with Crippen LogP contribution in [0.3, 0.4) is 0 Å². The van der Waals surface area contributed by atoms with Gasteiger partial charge < -0.3 is 19.5 Å². The quantitative estimate of drug-likeness (QED) is 0.656. The van der Waals surface area contributed by atoms with Gasteiger partial charge in [-0.3, -0.25) is 9.59 Å². The van der Waals surface area contributed by atoms with E-state index in [2.05, 4.69) is 15.5 Å². The lowest BCUT2D eigenvalue weighted by atomic mass is 9.98. The summed E-state index contributed by atoms with van der Waals surface area (Å²) in [6.45, 7) is 3.05. The third kappa shape index (κ3) is 5.16. The summed E-state index contributed by atoms with van der Waals surface area (Å²) in [6, 6.07) is 14.7. The monoisotopic (exact) mass is 420 g/mol. The summed E-state index contributed by atoms with van der Waals surface area (Å²) < 4.78 is 10.1. The SMILES string of the molecule is Cc1ccc(N(CC(=O)Nc2ccc(-c3ncon3)cc2)C(=O)C2CCOCC2)cc1. The van der Waals surface area contributed by atoms with Crippen molar-refractivity contribution < 1.29 is 18.8 Å². The first-order valence-corrected chi connectivity index (χ1v) is 10.2. The standard InChI is InChI=1S/C23H24N4O4/c1-16-2-8-20(9-3-16)27(23(29)18-10-12-30-13-11-18)14-21(28)25-19-6-4-17(5-7-19)22-24-15-31-26-22/h2-9,15,18H,10-14H2,1H3,(H,25,28). The number of anilines is 2. The van der Waals surface area contributed by atoms with Gasteiger partial charge in [0.15, 0.2) is 0 Å². The van der Waals surface area contributed by atoms with Crippen LogP contribution >= 0.6 is 0 Å². The number of aryl methyl sites for hydroxylation is 1. The second-order valence-electron chi connectivity index (χ2n) is 7.53. The van der Waals surface area contributed by atoms with Crippen LogP contribution in [0.5, 0.6) is 0 Å². The number of carbonyl (C=O) groups is 2.